The van der Waals surface area contributed by atoms with Crippen LogP contribution in [0.1, 0.15) is 46.5 Å². The van der Waals surface area contributed by atoms with Crippen molar-refractivity contribution in [2.75, 3.05) is 37.7 Å². The molecule has 5 rings (SSSR count). The monoisotopic (exact) mass is 617 g/mol. The number of hydrogen-bond acceptors (Lipinski definition) is 7. The number of amides is 1. The number of hydrogen-bond donors (Lipinski definition) is 1. The number of aromatic nitrogens is 2. The maximum absolute atomic E-state index is 15.2. The van der Waals surface area contributed by atoms with Gasteiger partial charge in [0.15, 0.2) is 5.82 Å². The van der Waals surface area contributed by atoms with Gasteiger partial charge in [-0.25, -0.2) is 22.4 Å². The highest BCUT2D eigenvalue weighted by molar-refractivity contribution is 9.10. The second-order valence-electron chi connectivity index (χ2n) is 11.7. The molecule has 1 N–H and O–H groups in total. The van der Waals surface area contributed by atoms with Crippen molar-refractivity contribution in [2.24, 2.45) is 0 Å². The number of alkyl carbamates (subject to hydrolysis) is 1. The Balaban J connectivity index is 1.46. The molecule has 3 saturated heterocycles. The minimum absolute atomic E-state index is 0.0146. The van der Waals surface area contributed by atoms with Crippen molar-refractivity contribution in [1.29, 1.82) is 0 Å². The number of nitrogens with one attached hydrogen (secondary N) is 1. The van der Waals surface area contributed by atoms with Crippen LogP contribution in [0.3, 0.4) is 0 Å². The number of fused-ring (bicyclic) bond motifs is 2. The van der Waals surface area contributed by atoms with Crippen LogP contribution >= 0.6 is 15.9 Å². The van der Waals surface area contributed by atoms with Crippen LogP contribution in [-0.4, -0.2) is 83.0 Å². The molecule has 0 saturated carbocycles. The number of carbonyl (C=O) groups is 1. The minimum atomic E-state index is -3.17. The zero-order valence-corrected chi connectivity index (χ0v) is 23.7. The van der Waals surface area contributed by atoms with Gasteiger partial charge in [0.25, 0.3) is 5.92 Å². The number of anilines is 1. The fourth-order valence-corrected chi connectivity index (χ4v) is 6.21. The highest BCUT2D eigenvalue weighted by Crippen LogP contribution is 2.41. The Hall–Kier alpha value is -2.41. The highest BCUT2D eigenvalue weighted by Gasteiger charge is 2.49. The molecule has 1 amide bonds. The molecule has 13 heteroatoms. The maximum Gasteiger partial charge on any atom is 0.407 e. The molecule has 39 heavy (non-hydrogen) atoms. The Kier molecular flexibility index (Phi) is 7.36. The molecule has 3 aliphatic heterocycles. The van der Waals surface area contributed by atoms with Crippen LogP contribution in [-0.2, 0) is 4.74 Å². The lowest BCUT2D eigenvalue weighted by Crippen LogP contribution is -2.56. The number of nitrogens with zero attached hydrogens (tertiary/aromatic N) is 4. The number of alkyl halides is 3. The fraction of sp³-hybridized carbons (Fsp3) is 0.654. The van der Waals surface area contributed by atoms with Gasteiger partial charge in [0, 0.05) is 31.3 Å². The van der Waals surface area contributed by atoms with Gasteiger partial charge >= 0.3 is 12.1 Å². The molecule has 0 spiro atoms. The average molecular weight is 618 g/mol. The van der Waals surface area contributed by atoms with E-state index >= 15 is 4.39 Å². The van der Waals surface area contributed by atoms with Crippen molar-refractivity contribution in [2.45, 2.75) is 75.7 Å². The van der Waals surface area contributed by atoms with Crippen molar-refractivity contribution >= 4 is 38.7 Å². The van der Waals surface area contributed by atoms with Crippen LogP contribution in [0.5, 0.6) is 6.01 Å². The molecule has 0 bridgehead atoms. The summed E-state index contributed by atoms with van der Waals surface area (Å²) in [5.74, 6) is -3.79. The van der Waals surface area contributed by atoms with Gasteiger partial charge in [-0.1, -0.05) is 0 Å². The van der Waals surface area contributed by atoms with Gasteiger partial charge in [-0.05, 0) is 68.2 Å². The third-order valence-corrected chi connectivity index (χ3v) is 7.99. The number of ether oxygens (including phenoxy) is 2. The Labute approximate surface area is 232 Å². The van der Waals surface area contributed by atoms with E-state index in [0.29, 0.717) is 13.0 Å². The third-order valence-electron chi connectivity index (χ3n) is 7.38. The smallest absolute Gasteiger partial charge is 0.407 e. The molecule has 0 radical (unpaired) electrons. The zero-order chi connectivity index (χ0) is 28.2. The normalized spacial score (nSPS) is 27.0. The van der Waals surface area contributed by atoms with E-state index in [0.717, 1.165) is 19.4 Å². The predicted molar refractivity (Wildman–Crippen MR) is 141 cm³/mol. The van der Waals surface area contributed by atoms with E-state index in [2.05, 4.69) is 36.1 Å². The van der Waals surface area contributed by atoms with E-state index in [-0.39, 0.29) is 40.4 Å². The number of halogens is 5. The van der Waals surface area contributed by atoms with Crippen LogP contribution in [0, 0.1) is 5.82 Å². The summed E-state index contributed by atoms with van der Waals surface area (Å²) in [7, 11) is 0. The van der Waals surface area contributed by atoms with Gasteiger partial charge in [-0.3, -0.25) is 4.90 Å². The number of benzene rings is 1. The SMILES string of the molecule is CC(C)(C)OC(=O)N[C@H]1CN(c2nc(OC[C@@]34CCCN3C[C@H](F)C4)nc3c(F)c(Br)ccc23)CC(F)(F)C1. The number of carbonyl (C=O) groups excluding carboxylic acids is 1. The first-order valence-electron chi connectivity index (χ1n) is 13.0. The highest BCUT2D eigenvalue weighted by atomic mass is 79.9. The fourth-order valence-electron chi connectivity index (χ4n) is 5.89. The molecule has 8 nitrogen and oxygen atoms in total. The number of piperidine rings is 1. The largest absolute Gasteiger partial charge is 0.461 e. The van der Waals surface area contributed by atoms with Gasteiger partial charge < -0.3 is 19.7 Å². The minimum Gasteiger partial charge on any atom is -0.461 e. The topological polar surface area (TPSA) is 79.8 Å². The standard InChI is InChI=1S/C26H32BrF4N5O3/c1-24(2,3)39-23(37)32-16-10-26(30,31)13-35(12-16)21-17-5-6-18(27)19(29)20(17)33-22(34-21)38-14-25-7-4-8-36(25)11-15(28)9-25/h5-6,15-16H,4,7-14H2,1-3H3,(H,32,37)/t15-,16-,25+/m1/s1. The van der Waals surface area contributed by atoms with E-state index in [1.54, 1.807) is 26.8 Å². The van der Waals surface area contributed by atoms with E-state index in [1.165, 1.54) is 11.0 Å². The van der Waals surface area contributed by atoms with Crippen molar-refractivity contribution in [3.05, 3.63) is 22.4 Å². The Bertz CT molecular complexity index is 1260. The van der Waals surface area contributed by atoms with E-state index < -0.39 is 54.2 Å². The summed E-state index contributed by atoms with van der Waals surface area (Å²) in [4.78, 5) is 24.4. The van der Waals surface area contributed by atoms with Crippen LogP contribution in [0.15, 0.2) is 16.6 Å². The molecule has 0 unspecified atom stereocenters. The quantitative estimate of drug-likeness (QED) is 0.461. The predicted octanol–water partition coefficient (Wildman–Crippen LogP) is 5.23. The second-order valence-corrected chi connectivity index (χ2v) is 12.6. The molecule has 1 aromatic heterocycles. The Morgan fingerprint density at radius 3 is 2.74 bits per heavy atom. The van der Waals surface area contributed by atoms with Gasteiger partial charge in [0.2, 0.25) is 0 Å². The molecular formula is C26H32BrF4N5O3. The molecule has 1 aromatic carbocycles. The number of rotatable bonds is 5. The molecule has 2 aromatic rings. The molecule has 3 fully saturated rings. The van der Waals surface area contributed by atoms with Crippen LogP contribution in [0.4, 0.5) is 28.2 Å². The second kappa shape index (κ2) is 10.2. The molecule has 214 valence electrons. The van der Waals surface area contributed by atoms with Crippen molar-refractivity contribution in [3.63, 3.8) is 0 Å². The van der Waals surface area contributed by atoms with Gasteiger partial charge in [-0.15, -0.1) is 0 Å². The van der Waals surface area contributed by atoms with Crippen molar-refractivity contribution in [3.8, 4) is 6.01 Å². The van der Waals surface area contributed by atoms with E-state index in [4.69, 9.17) is 9.47 Å². The zero-order valence-electron chi connectivity index (χ0n) is 22.1. The van der Waals surface area contributed by atoms with Crippen LogP contribution in [0.25, 0.3) is 10.9 Å². The van der Waals surface area contributed by atoms with Crippen LogP contribution < -0.4 is 15.0 Å². The third kappa shape index (κ3) is 6.03. The van der Waals surface area contributed by atoms with Gasteiger partial charge in [0.1, 0.15) is 29.7 Å². The average Bonchev–Trinajstić information content (AvgIpc) is 3.33. The molecule has 3 atom stereocenters. The molecular weight excluding hydrogens is 586 g/mol. The summed E-state index contributed by atoms with van der Waals surface area (Å²) in [6.45, 7) is 5.54. The van der Waals surface area contributed by atoms with Crippen molar-refractivity contribution in [1.82, 2.24) is 20.2 Å². The Morgan fingerprint density at radius 1 is 1.23 bits per heavy atom. The van der Waals surface area contributed by atoms with E-state index in [1.807, 2.05) is 0 Å². The summed E-state index contributed by atoms with van der Waals surface area (Å²) < 4.78 is 70.6. The lowest BCUT2D eigenvalue weighted by atomic mass is 9.95. The van der Waals surface area contributed by atoms with Crippen molar-refractivity contribution < 1.29 is 31.8 Å². The summed E-state index contributed by atoms with van der Waals surface area (Å²) in [6, 6.07) is 1.87. The summed E-state index contributed by atoms with van der Waals surface area (Å²) in [5, 5.41) is 2.75. The summed E-state index contributed by atoms with van der Waals surface area (Å²) in [6.07, 6.45) is -0.359. The molecule has 3 aliphatic rings. The summed E-state index contributed by atoms with van der Waals surface area (Å²) >= 11 is 3.16. The lowest BCUT2D eigenvalue weighted by Gasteiger charge is -2.39. The first kappa shape index (κ1) is 28.1. The first-order chi connectivity index (χ1) is 18.2. The van der Waals surface area contributed by atoms with Gasteiger partial charge in [-0.2, -0.15) is 9.97 Å². The molecule has 0 aliphatic carbocycles. The lowest BCUT2D eigenvalue weighted by molar-refractivity contribution is -0.0231. The molecule has 4 heterocycles. The summed E-state index contributed by atoms with van der Waals surface area (Å²) in [5.41, 5.74) is -1.38. The van der Waals surface area contributed by atoms with E-state index in [9.17, 15) is 18.0 Å². The maximum atomic E-state index is 15.2. The van der Waals surface area contributed by atoms with Gasteiger partial charge in [0.05, 0.1) is 22.6 Å². The first-order valence-corrected chi connectivity index (χ1v) is 13.8. The Morgan fingerprint density at radius 2 is 2.00 bits per heavy atom. The van der Waals surface area contributed by atoms with Crippen LogP contribution in [0.2, 0.25) is 0 Å².